The number of fused-ring (bicyclic) bond motifs is 1. The number of carbonyl (C=O) groups is 1. The van der Waals surface area contributed by atoms with E-state index in [0.29, 0.717) is 34.8 Å². The normalized spacial score (nSPS) is 21.1. The number of H-pyrrole nitrogens is 1. The van der Waals surface area contributed by atoms with E-state index in [2.05, 4.69) is 39.2 Å². The molecule has 0 spiro atoms. The molecule has 0 saturated carbocycles. The Bertz CT molecular complexity index is 1270. The number of aliphatic carboxylic acids is 1. The fourth-order valence-corrected chi connectivity index (χ4v) is 5.55. The number of carboxylic acids is 1. The average Bonchev–Trinajstić information content (AvgIpc) is 2.85. The van der Waals surface area contributed by atoms with E-state index in [1.165, 1.54) is 6.42 Å². The Hall–Kier alpha value is -3.69. The number of carboxylic acid groups (broad SMARTS) is 1. The van der Waals surface area contributed by atoms with E-state index >= 15 is 0 Å². The predicted molar refractivity (Wildman–Crippen MR) is 140 cm³/mol. The Balaban J connectivity index is 1.39. The third kappa shape index (κ3) is 4.98. The number of aromatic nitrogens is 4. The Kier molecular flexibility index (Phi) is 6.75. The lowest BCUT2D eigenvalue weighted by atomic mass is 9.93. The van der Waals surface area contributed by atoms with E-state index in [9.17, 15) is 9.59 Å². The molecule has 36 heavy (non-hydrogen) atoms. The summed E-state index contributed by atoms with van der Waals surface area (Å²) < 4.78 is 0. The Morgan fingerprint density at radius 3 is 2.44 bits per heavy atom. The fraction of sp³-hybridized carbons (Fsp3) is 0.500. The molecule has 2 unspecified atom stereocenters. The van der Waals surface area contributed by atoms with Crippen molar-refractivity contribution in [1.29, 1.82) is 0 Å². The first-order valence-corrected chi connectivity index (χ1v) is 12.8. The van der Waals surface area contributed by atoms with Crippen molar-refractivity contribution in [3.05, 3.63) is 40.8 Å². The maximum Gasteiger partial charge on any atom is 0.303 e. The van der Waals surface area contributed by atoms with Crippen LogP contribution in [0.1, 0.15) is 52.4 Å². The van der Waals surface area contributed by atoms with Crippen LogP contribution in [0.25, 0.3) is 10.9 Å². The number of rotatable bonds is 6. The van der Waals surface area contributed by atoms with Gasteiger partial charge in [-0.1, -0.05) is 0 Å². The van der Waals surface area contributed by atoms with E-state index in [1.54, 1.807) is 6.20 Å². The molecular formula is C26H33N7O3. The second-order valence-corrected chi connectivity index (χ2v) is 10.1. The highest BCUT2D eigenvalue weighted by molar-refractivity contribution is 5.90. The number of aromatic amines is 1. The van der Waals surface area contributed by atoms with Crippen molar-refractivity contribution in [2.75, 3.05) is 28.2 Å². The van der Waals surface area contributed by atoms with Gasteiger partial charge in [0.15, 0.2) is 0 Å². The van der Waals surface area contributed by atoms with Crippen LogP contribution in [0.4, 0.5) is 23.1 Å². The lowest BCUT2D eigenvalue weighted by Gasteiger charge is -2.39. The van der Waals surface area contributed by atoms with Gasteiger partial charge in [0, 0.05) is 43.0 Å². The van der Waals surface area contributed by atoms with Crippen molar-refractivity contribution < 1.29 is 9.90 Å². The number of hydrogen-bond acceptors (Lipinski definition) is 8. The molecule has 3 N–H and O–H groups in total. The highest BCUT2D eigenvalue weighted by atomic mass is 16.4. The fourth-order valence-electron chi connectivity index (χ4n) is 5.55. The standard InChI is InChI=1S/C26H33N7O3/c1-16-4-3-5-17(2)33(16)26-29-21-15-27-31-25(36)23(21)24(30-26)28-19-6-8-20(9-7-19)32-12-10-18(11-13-32)14-22(34)35/h6-9,15-18H,3-5,10-14H2,1-2H3,(H,31,36)(H,34,35)(H,28,29,30). The van der Waals surface area contributed by atoms with Gasteiger partial charge >= 0.3 is 5.97 Å². The van der Waals surface area contributed by atoms with Crippen molar-refractivity contribution in [2.45, 2.75) is 64.5 Å². The third-order valence-electron chi connectivity index (χ3n) is 7.50. The van der Waals surface area contributed by atoms with Crippen molar-refractivity contribution >= 4 is 40.0 Å². The summed E-state index contributed by atoms with van der Waals surface area (Å²) in [6, 6.07) is 8.68. The van der Waals surface area contributed by atoms with Crippen LogP contribution in [0.2, 0.25) is 0 Å². The summed E-state index contributed by atoms with van der Waals surface area (Å²) in [5, 5.41) is 19.2. The van der Waals surface area contributed by atoms with Crippen LogP contribution >= 0.6 is 0 Å². The van der Waals surface area contributed by atoms with E-state index in [1.807, 2.05) is 24.3 Å². The van der Waals surface area contributed by atoms with Gasteiger partial charge in [0.25, 0.3) is 5.56 Å². The summed E-state index contributed by atoms with van der Waals surface area (Å²) in [7, 11) is 0. The van der Waals surface area contributed by atoms with Crippen LogP contribution in [0.5, 0.6) is 0 Å². The molecule has 3 aromatic rings. The first-order chi connectivity index (χ1) is 17.4. The molecule has 0 bridgehead atoms. The second kappa shape index (κ2) is 10.1. The zero-order chi connectivity index (χ0) is 25.2. The molecule has 2 fully saturated rings. The highest BCUT2D eigenvalue weighted by Gasteiger charge is 2.28. The number of anilines is 4. The number of hydrogen-bond donors (Lipinski definition) is 3. The minimum atomic E-state index is -0.719. The summed E-state index contributed by atoms with van der Waals surface area (Å²) in [5.41, 5.74) is 2.10. The van der Waals surface area contributed by atoms with Gasteiger partial charge < -0.3 is 20.2 Å². The molecule has 0 radical (unpaired) electrons. The molecule has 1 aromatic carbocycles. The van der Waals surface area contributed by atoms with Crippen molar-refractivity contribution in [3.8, 4) is 0 Å². The Labute approximate surface area is 209 Å². The molecular weight excluding hydrogens is 458 g/mol. The summed E-state index contributed by atoms with van der Waals surface area (Å²) in [6.45, 7) is 6.07. The molecule has 2 atom stereocenters. The number of nitrogens with zero attached hydrogens (tertiary/aromatic N) is 5. The van der Waals surface area contributed by atoms with Gasteiger partial charge in [-0.05, 0) is 76.1 Å². The van der Waals surface area contributed by atoms with E-state index in [0.717, 1.165) is 50.1 Å². The Morgan fingerprint density at radius 2 is 1.78 bits per heavy atom. The number of piperidine rings is 2. The SMILES string of the molecule is CC1CCCC(C)N1c1nc(Nc2ccc(N3CCC(CC(=O)O)CC3)cc2)c2c(=O)[nH]ncc2n1. The van der Waals surface area contributed by atoms with Gasteiger partial charge in [0.2, 0.25) is 5.95 Å². The van der Waals surface area contributed by atoms with Crippen LogP contribution in [0, 0.1) is 5.92 Å². The maximum atomic E-state index is 12.7. The molecule has 2 aliphatic rings. The zero-order valence-corrected chi connectivity index (χ0v) is 20.8. The second-order valence-electron chi connectivity index (χ2n) is 10.1. The molecule has 4 heterocycles. The zero-order valence-electron chi connectivity index (χ0n) is 20.8. The lowest BCUT2D eigenvalue weighted by Crippen LogP contribution is -2.44. The topological polar surface area (TPSA) is 127 Å². The van der Waals surface area contributed by atoms with Gasteiger partial charge in [-0.25, -0.2) is 10.1 Å². The molecule has 2 aliphatic heterocycles. The molecule has 10 nitrogen and oxygen atoms in total. The largest absolute Gasteiger partial charge is 0.481 e. The van der Waals surface area contributed by atoms with Crippen LogP contribution in [0.3, 0.4) is 0 Å². The maximum absolute atomic E-state index is 12.7. The molecule has 0 amide bonds. The van der Waals surface area contributed by atoms with E-state index < -0.39 is 5.97 Å². The highest BCUT2D eigenvalue weighted by Crippen LogP contribution is 2.31. The predicted octanol–water partition coefficient (Wildman–Crippen LogP) is 3.92. The van der Waals surface area contributed by atoms with Crippen molar-refractivity contribution in [1.82, 2.24) is 20.2 Å². The number of nitrogens with one attached hydrogen (secondary N) is 2. The van der Waals surface area contributed by atoms with Gasteiger partial charge in [0.1, 0.15) is 16.7 Å². The van der Waals surface area contributed by atoms with Gasteiger partial charge in [-0.3, -0.25) is 9.59 Å². The molecule has 2 saturated heterocycles. The molecule has 0 aliphatic carbocycles. The molecule has 10 heteroatoms. The van der Waals surface area contributed by atoms with Gasteiger partial charge in [-0.15, -0.1) is 0 Å². The average molecular weight is 492 g/mol. The van der Waals surface area contributed by atoms with Gasteiger partial charge in [-0.2, -0.15) is 10.1 Å². The van der Waals surface area contributed by atoms with Crippen LogP contribution in [-0.2, 0) is 4.79 Å². The summed E-state index contributed by atoms with van der Waals surface area (Å²) in [4.78, 5) is 37.7. The first kappa shape index (κ1) is 24.0. The van der Waals surface area contributed by atoms with E-state index in [-0.39, 0.29) is 17.9 Å². The molecule has 5 rings (SSSR count). The van der Waals surface area contributed by atoms with Crippen LogP contribution in [0.15, 0.2) is 35.3 Å². The smallest absolute Gasteiger partial charge is 0.303 e. The van der Waals surface area contributed by atoms with Crippen LogP contribution < -0.4 is 20.7 Å². The quantitative estimate of drug-likeness (QED) is 0.470. The first-order valence-electron chi connectivity index (χ1n) is 12.8. The monoisotopic (exact) mass is 491 g/mol. The minimum Gasteiger partial charge on any atom is -0.481 e. The minimum absolute atomic E-state index is 0.245. The van der Waals surface area contributed by atoms with Crippen LogP contribution in [-0.4, -0.2) is 56.4 Å². The summed E-state index contributed by atoms with van der Waals surface area (Å²) >= 11 is 0. The van der Waals surface area contributed by atoms with E-state index in [4.69, 9.17) is 15.1 Å². The van der Waals surface area contributed by atoms with Crippen molar-refractivity contribution in [3.63, 3.8) is 0 Å². The number of benzene rings is 1. The Morgan fingerprint density at radius 1 is 1.08 bits per heavy atom. The molecule has 2 aromatic heterocycles. The summed E-state index contributed by atoms with van der Waals surface area (Å²) in [5.74, 6) is 0.602. The lowest BCUT2D eigenvalue weighted by molar-refractivity contribution is -0.138. The third-order valence-corrected chi connectivity index (χ3v) is 7.50. The van der Waals surface area contributed by atoms with Crippen molar-refractivity contribution in [2.24, 2.45) is 5.92 Å². The molecule has 190 valence electrons. The van der Waals surface area contributed by atoms with Gasteiger partial charge in [0.05, 0.1) is 6.20 Å². The summed E-state index contributed by atoms with van der Waals surface area (Å²) in [6.07, 6.45) is 6.92.